The Morgan fingerprint density at radius 3 is 0.965 bits per heavy atom. The van der Waals surface area contributed by atoms with Gasteiger partial charge in [-0.15, -0.1) is 0 Å². The first-order valence-corrected chi connectivity index (χ1v) is 30.9. The molecule has 0 N–H and O–H groups in total. The molecule has 0 aliphatic heterocycles. The molecular formula is C84H80N2. The smallest absolute Gasteiger partial charge is 0.0541 e. The van der Waals surface area contributed by atoms with Crippen molar-refractivity contribution in [3.8, 4) is 72.4 Å². The van der Waals surface area contributed by atoms with Gasteiger partial charge < -0.3 is 9.13 Å². The molecule has 2 nitrogen and oxygen atoms in total. The maximum Gasteiger partial charge on any atom is 0.0541 e. The highest BCUT2D eigenvalue weighted by Crippen LogP contribution is 2.38. The summed E-state index contributed by atoms with van der Waals surface area (Å²) in [5.74, 6) is 0.723. The number of benzene rings is 12. The minimum Gasteiger partial charge on any atom is -0.344 e. The summed E-state index contributed by atoms with van der Waals surface area (Å²) in [4.78, 5) is 0. The number of fused-ring (bicyclic) bond motifs is 6. The number of para-hydroxylation sites is 2. The van der Waals surface area contributed by atoms with Crippen molar-refractivity contribution in [1.82, 2.24) is 9.13 Å². The van der Waals surface area contributed by atoms with E-state index in [2.05, 4.69) is 317 Å². The molecule has 0 radical (unpaired) electrons. The average molecular weight is 1120 g/mol. The molecule has 0 fully saturated rings. The molecule has 12 aromatic carbocycles. The van der Waals surface area contributed by atoms with Crippen molar-refractivity contribution in [2.75, 3.05) is 0 Å². The van der Waals surface area contributed by atoms with E-state index in [1.54, 1.807) is 0 Å². The molecule has 2 heteroatoms. The molecule has 2 heterocycles. The minimum absolute atomic E-state index is 0.723. The lowest BCUT2D eigenvalue weighted by Gasteiger charge is -2.09. The van der Waals surface area contributed by atoms with Crippen LogP contribution in [0.15, 0.2) is 291 Å². The van der Waals surface area contributed by atoms with Gasteiger partial charge in [-0.25, -0.2) is 0 Å². The number of aromatic nitrogens is 2. The molecule has 0 saturated carbocycles. The summed E-state index contributed by atoms with van der Waals surface area (Å²) in [7, 11) is 2.17. The highest BCUT2D eigenvalue weighted by atomic mass is 15.0. The van der Waals surface area contributed by atoms with E-state index in [4.69, 9.17) is 0 Å². The normalized spacial score (nSPS) is 11.1. The van der Waals surface area contributed by atoms with E-state index in [1.165, 1.54) is 146 Å². The van der Waals surface area contributed by atoms with Crippen LogP contribution in [0.1, 0.15) is 77.0 Å². The van der Waals surface area contributed by atoms with Crippen molar-refractivity contribution in [2.45, 2.75) is 74.1 Å². The minimum atomic E-state index is 0.723. The summed E-state index contributed by atoms with van der Waals surface area (Å²) in [6.45, 7) is 16.7. The van der Waals surface area contributed by atoms with E-state index in [1.807, 2.05) is 45.9 Å². The van der Waals surface area contributed by atoms with Crippen LogP contribution in [0.2, 0.25) is 0 Å². The monoisotopic (exact) mass is 1120 g/mol. The number of rotatable bonds is 10. The average Bonchev–Trinajstić information content (AvgIpc) is 1.99. The van der Waals surface area contributed by atoms with Gasteiger partial charge in [0, 0.05) is 45.3 Å². The molecule has 0 bridgehead atoms. The highest BCUT2D eigenvalue weighted by molar-refractivity contribution is 6.11. The summed E-state index contributed by atoms with van der Waals surface area (Å²) in [5, 5.41) is 5.07. The second kappa shape index (κ2) is 28.2. The van der Waals surface area contributed by atoms with E-state index in [-0.39, 0.29) is 0 Å². The summed E-state index contributed by atoms with van der Waals surface area (Å²) in [6.07, 6.45) is 2.57. The van der Waals surface area contributed by atoms with E-state index in [0.29, 0.717) is 0 Å². The SMILES string of the molecule is CC.CC.CCC[C@@H](C)c1ccccc1.Cc1ccc(-c2ccc(-c3ccc(-c4ccc5c(c4)c4cc(-c6ccc(-c7ccc(-c8ccc9c(c8)c8ccccc8n9-c8ccccc8)cc7)cc6)ccc4n5C)cc3)cc2)cc1.Cc1ccccc1. The van der Waals surface area contributed by atoms with Crippen LogP contribution < -0.4 is 0 Å². The number of aryl methyl sites for hydroxylation is 3. The van der Waals surface area contributed by atoms with Crippen LogP contribution in [0, 0.1) is 13.8 Å². The van der Waals surface area contributed by atoms with Crippen LogP contribution in [0.25, 0.3) is 116 Å². The molecule has 0 amide bonds. The molecule has 426 valence electrons. The standard InChI is InChI=1S/C62H44N2.C11H16.C7H8.2C2H6/c1-41-12-14-42(15-13-41)43-16-18-44(19-17-43)45-20-26-48(27-21-45)51-32-35-59-57(39-51)58-40-52(33-36-60(58)63(59)2)49-28-22-46(23-29-49)47-24-30-50(31-25-47)53-34-37-62-56(38-53)55-10-6-7-11-61(55)64(62)54-8-4-3-5-9-54;1-3-7-10(2)11-8-5-4-6-9-11;1-7-5-3-2-4-6-7;2*1-2/h3-40H,1-2H3;4-6,8-10H,3,7H2,1-2H3;2-6H,1H3;2*1-2H3/t;10-;;;/m.1.../s1. The zero-order chi connectivity index (χ0) is 59.9. The molecule has 86 heavy (non-hydrogen) atoms. The molecule has 14 aromatic rings. The molecule has 0 aliphatic carbocycles. The maximum absolute atomic E-state index is 2.37. The first-order valence-electron chi connectivity index (χ1n) is 30.9. The van der Waals surface area contributed by atoms with Crippen molar-refractivity contribution in [2.24, 2.45) is 7.05 Å². The lowest BCUT2D eigenvalue weighted by molar-refractivity contribution is 0.665. The van der Waals surface area contributed by atoms with E-state index < -0.39 is 0 Å². The van der Waals surface area contributed by atoms with Crippen LogP contribution in [0.3, 0.4) is 0 Å². The first-order chi connectivity index (χ1) is 42.3. The van der Waals surface area contributed by atoms with Crippen molar-refractivity contribution in [3.63, 3.8) is 0 Å². The van der Waals surface area contributed by atoms with Crippen molar-refractivity contribution in [1.29, 1.82) is 0 Å². The van der Waals surface area contributed by atoms with Crippen LogP contribution >= 0.6 is 0 Å². The lowest BCUT2D eigenvalue weighted by atomic mass is 9.96. The topological polar surface area (TPSA) is 9.86 Å². The fraction of sp³-hybridized carbons (Fsp3) is 0.143. The largest absolute Gasteiger partial charge is 0.344 e. The van der Waals surface area contributed by atoms with Gasteiger partial charge in [0.1, 0.15) is 0 Å². The fourth-order valence-electron chi connectivity index (χ4n) is 11.7. The summed E-state index contributed by atoms with van der Waals surface area (Å²) < 4.78 is 4.68. The Morgan fingerprint density at radius 1 is 0.291 bits per heavy atom. The van der Waals surface area contributed by atoms with E-state index >= 15 is 0 Å². The number of nitrogens with zero attached hydrogens (tertiary/aromatic N) is 2. The third-order valence-corrected chi connectivity index (χ3v) is 16.3. The van der Waals surface area contributed by atoms with Gasteiger partial charge in [-0.1, -0.05) is 296 Å². The Labute approximate surface area is 511 Å². The van der Waals surface area contributed by atoms with E-state index in [9.17, 15) is 0 Å². The fourth-order valence-corrected chi connectivity index (χ4v) is 11.7. The number of hydrogen-bond acceptors (Lipinski definition) is 0. The van der Waals surface area contributed by atoms with Gasteiger partial charge in [0.05, 0.1) is 11.0 Å². The van der Waals surface area contributed by atoms with Gasteiger partial charge in [-0.3, -0.25) is 0 Å². The van der Waals surface area contributed by atoms with E-state index in [0.717, 1.165) is 5.92 Å². The van der Waals surface area contributed by atoms with Crippen LogP contribution in [0.5, 0.6) is 0 Å². The van der Waals surface area contributed by atoms with Gasteiger partial charge in [0.2, 0.25) is 0 Å². The molecule has 0 spiro atoms. The van der Waals surface area contributed by atoms with Gasteiger partial charge in [-0.2, -0.15) is 0 Å². The summed E-state index contributed by atoms with van der Waals surface area (Å²) in [5.41, 5.74) is 24.8. The van der Waals surface area contributed by atoms with Crippen LogP contribution in [0.4, 0.5) is 0 Å². The van der Waals surface area contributed by atoms with Crippen molar-refractivity contribution in [3.05, 3.63) is 308 Å². The van der Waals surface area contributed by atoms with Crippen LogP contribution in [-0.2, 0) is 7.05 Å². The Kier molecular flexibility index (Phi) is 19.5. The summed E-state index contributed by atoms with van der Waals surface area (Å²) >= 11 is 0. The molecule has 0 aliphatic rings. The Balaban J connectivity index is 0.000000317. The van der Waals surface area contributed by atoms with Gasteiger partial charge in [0.25, 0.3) is 0 Å². The molecule has 2 aromatic heterocycles. The van der Waals surface area contributed by atoms with Gasteiger partial charge >= 0.3 is 0 Å². The third kappa shape index (κ3) is 13.3. The third-order valence-electron chi connectivity index (χ3n) is 16.3. The quantitative estimate of drug-likeness (QED) is 0.129. The predicted octanol–water partition coefficient (Wildman–Crippen LogP) is 24.4. The molecular weight excluding hydrogens is 1040 g/mol. The second-order valence-corrected chi connectivity index (χ2v) is 21.9. The van der Waals surface area contributed by atoms with Crippen molar-refractivity contribution >= 4 is 43.6 Å². The highest BCUT2D eigenvalue weighted by Gasteiger charge is 2.15. The Morgan fingerprint density at radius 2 is 0.581 bits per heavy atom. The maximum atomic E-state index is 2.37. The molecule has 0 saturated heterocycles. The molecule has 1 atom stereocenters. The zero-order valence-electron chi connectivity index (χ0n) is 51.6. The van der Waals surface area contributed by atoms with Gasteiger partial charge in [0.15, 0.2) is 0 Å². The zero-order valence-corrected chi connectivity index (χ0v) is 51.6. The van der Waals surface area contributed by atoms with Crippen molar-refractivity contribution < 1.29 is 0 Å². The predicted molar refractivity (Wildman–Crippen MR) is 376 cm³/mol. The summed E-state index contributed by atoms with van der Waals surface area (Å²) in [6, 6.07) is 106. The lowest BCUT2D eigenvalue weighted by Crippen LogP contribution is -1.92. The Hall–Kier alpha value is -9.76. The molecule has 0 unspecified atom stereocenters. The first kappa shape index (κ1) is 59.4. The van der Waals surface area contributed by atoms with Gasteiger partial charge in [-0.05, 0) is 153 Å². The Bertz CT molecular complexity index is 4420. The molecule has 14 rings (SSSR count). The second-order valence-electron chi connectivity index (χ2n) is 21.9. The van der Waals surface area contributed by atoms with Crippen LogP contribution in [-0.4, -0.2) is 9.13 Å². The number of hydrogen-bond donors (Lipinski definition) is 0.